The van der Waals surface area contributed by atoms with Crippen LogP contribution in [-0.2, 0) is 13.2 Å². The molecule has 0 radical (unpaired) electrons. The quantitative estimate of drug-likeness (QED) is 0.917. The summed E-state index contributed by atoms with van der Waals surface area (Å²) < 4.78 is 18.9. The largest absolute Gasteiger partial charge is 0.486 e. The van der Waals surface area contributed by atoms with Crippen molar-refractivity contribution in [1.82, 2.24) is 0 Å². The van der Waals surface area contributed by atoms with Crippen LogP contribution in [0.5, 0.6) is 5.75 Å². The summed E-state index contributed by atoms with van der Waals surface area (Å²) in [7, 11) is 0. The second kappa shape index (κ2) is 5.85. The minimum absolute atomic E-state index is 0.169. The number of ether oxygens (including phenoxy) is 1. The number of aliphatic hydroxyl groups is 1. The zero-order chi connectivity index (χ0) is 13.0. The van der Waals surface area contributed by atoms with E-state index in [1.165, 1.54) is 12.1 Å². The van der Waals surface area contributed by atoms with E-state index in [2.05, 4.69) is 0 Å². The SMILES string of the molecule is OCc1ccc(OCc2ccc(Cl)cc2)c(F)c1. The minimum Gasteiger partial charge on any atom is -0.486 e. The Morgan fingerprint density at radius 3 is 2.33 bits per heavy atom. The number of halogens is 2. The maximum atomic E-state index is 13.5. The van der Waals surface area contributed by atoms with Crippen LogP contribution in [0.4, 0.5) is 4.39 Å². The standard InChI is InChI=1S/C14H12ClFO2/c15-12-4-1-10(2-5-12)9-18-14-6-3-11(8-17)7-13(14)16/h1-7,17H,8-9H2. The van der Waals surface area contributed by atoms with E-state index in [4.69, 9.17) is 21.4 Å². The smallest absolute Gasteiger partial charge is 0.165 e. The Balaban J connectivity index is 2.04. The molecule has 2 aromatic carbocycles. The Kier molecular flexibility index (Phi) is 4.18. The van der Waals surface area contributed by atoms with Crippen molar-refractivity contribution in [2.75, 3.05) is 0 Å². The van der Waals surface area contributed by atoms with Crippen LogP contribution in [-0.4, -0.2) is 5.11 Å². The highest BCUT2D eigenvalue weighted by Crippen LogP contribution is 2.20. The summed E-state index contributed by atoms with van der Waals surface area (Å²) in [5, 5.41) is 9.52. The highest BCUT2D eigenvalue weighted by Gasteiger charge is 2.04. The van der Waals surface area contributed by atoms with Gasteiger partial charge in [0.05, 0.1) is 6.61 Å². The lowest BCUT2D eigenvalue weighted by molar-refractivity contribution is 0.276. The number of aliphatic hydroxyl groups excluding tert-OH is 1. The van der Waals surface area contributed by atoms with E-state index in [-0.39, 0.29) is 19.0 Å². The van der Waals surface area contributed by atoms with Crippen molar-refractivity contribution in [2.45, 2.75) is 13.2 Å². The van der Waals surface area contributed by atoms with Gasteiger partial charge in [-0.15, -0.1) is 0 Å². The molecular formula is C14H12ClFO2. The second-order valence-electron chi connectivity index (χ2n) is 3.84. The molecule has 2 nitrogen and oxygen atoms in total. The molecule has 0 fully saturated rings. The van der Waals surface area contributed by atoms with Gasteiger partial charge in [-0.2, -0.15) is 0 Å². The van der Waals surface area contributed by atoms with E-state index in [0.29, 0.717) is 10.6 Å². The molecule has 0 saturated carbocycles. The van der Waals surface area contributed by atoms with Gasteiger partial charge in [-0.1, -0.05) is 29.8 Å². The fourth-order valence-corrected chi connectivity index (χ4v) is 1.63. The second-order valence-corrected chi connectivity index (χ2v) is 4.27. The van der Waals surface area contributed by atoms with E-state index in [0.717, 1.165) is 5.56 Å². The van der Waals surface area contributed by atoms with E-state index in [1.807, 2.05) is 12.1 Å². The van der Waals surface area contributed by atoms with Gasteiger partial charge < -0.3 is 9.84 Å². The lowest BCUT2D eigenvalue weighted by Crippen LogP contribution is -1.98. The molecule has 0 unspecified atom stereocenters. The highest BCUT2D eigenvalue weighted by molar-refractivity contribution is 6.30. The number of hydrogen-bond donors (Lipinski definition) is 1. The first-order valence-corrected chi connectivity index (χ1v) is 5.83. The summed E-state index contributed by atoms with van der Waals surface area (Å²) >= 11 is 5.76. The van der Waals surface area contributed by atoms with Gasteiger partial charge in [0.1, 0.15) is 6.61 Å². The predicted molar refractivity (Wildman–Crippen MR) is 68.1 cm³/mol. The summed E-state index contributed by atoms with van der Waals surface area (Å²) in [4.78, 5) is 0. The maximum Gasteiger partial charge on any atom is 0.165 e. The molecule has 0 heterocycles. The minimum atomic E-state index is -0.476. The molecule has 2 rings (SSSR count). The van der Waals surface area contributed by atoms with Gasteiger partial charge >= 0.3 is 0 Å². The Morgan fingerprint density at radius 2 is 1.72 bits per heavy atom. The normalized spacial score (nSPS) is 10.4. The molecule has 0 aliphatic rings. The fraction of sp³-hybridized carbons (Fsp3) is 0.143. The van der Waals surface area contributed by atoms with Crippen LogP contribution in [0, 0.1) is 5.82 Å². The van der Waals surface area contributed by atoms with E-state index < -0.39 is 5.82 Å². The predicted octanol–water partition coefficient (Wildman–Crippen LogP) is 3.55. The van der Waals surface area contributed by atoms with Crippen LogP contribution < -0.4 is 4.74 Å². The number of benzene rings is 2. The molecule has 18 heavy (non-hydrogen) atoms. The first-order chi connectivity index (χ1) is 8.69. The van der Waals surface area contributed by atoms with Crippen LogP contribution in [0.2, 0.25) is 5.02 Å². The van der Waals surface area contributed by atoms with E-state index >= 15 is 0 Å². The van der Waals surface area contributed by atoms with Gasteiger partial charge in [-0.25, -0.2) is 4.39 Å². The highest BCUT2D eigenvalue weighted by atomic mass is 35.5. The summed E-state index contributed by atoms with van der Waals surface area (Å²) in [6.07, 6.45) is 0. The van der Waals surface area contributed by atoms with E-state index in [1.54, 1.807) is 18.2 Å². The third-order valence-electron chi connectivity index (χ3n) is 2.49. The van der Waals surface area contributed by atoms with Crippen molar-refractivity contribution < 1.29 is 14.2 Å². The zero-order valence-corrected chi connectivity index (χ0v) is 10.3. The third kappa shape index (κ3) is 3.22. The summed E-state index contributed by atoms with van der Waals surface area (Å²) in [5.74, 6) is -0.308. The summed E-state index contributed by atoms with van der Waals surface area (Å²) in [5.41, 5.74) is 1.43. The van der Waals surface area contributed by atoms with Gasteiger partial charge in [0, 0.05) is 5.02 Å². The summed E-state index contributed by atoms with van der Waals surface area (Å²) in [6, 6.07) is 11.6. The lowest BCUT2D eigenvalue weighted by Gasteiger charge is -2.08. The molecule has 0 saturated heterocycles. The zero-order valence-electron chi connectivity index (χ0n) is 9.57. The number of rotatable bonds is 4. The van der Waals surface area contributed by atoms with Crippen molar-refractivity contribution in [3.63, 3.8) is 0 Å². The number of hydrogen-bond acceptors (Lipinski definition) is 2. The molecule has 0 aliphatic carbocycles. The van der Waals surface area contributed by atoms with Gasteiger partial charge in [-0.3, -0.25) is 0 Å². The van der Waals surface area contributed by atoms with E-state index in [9.17, 15) is 4.39 Å². The lowest BCUT2D eigenvalue weighted by atomic mass is 10.2. The Labute approximate surface area is 110 Å². The van der Waals surface area contributed by atoms with Crippen LogP contribution in [0.25, 0.3) is 0 Å². The van der Waals surface area contributed by atoms with Crippen LogP contribution in [0.1, 0.15) is 11.1 Å². The monoisotopic (exact) mass is 266 g/mol. The van der Waals surface area contributed by atoms with Crippen molar-refractivity contribution in [3.8, 4) is 5.75 Å². The van der Waals surface area contributed by atoms with Gasteiger partial charge in [0.15, 0.2) is 11.6 Å². The summed E-state index contributed by atoms with van der Waals surface area (Å²) in [6.45, 7) is 0.0843. The molecule has 94 valence electrons. The first-order valence-electron chi connectivity index (χ1n) is 5.45. The molecule has 0 atom stereocenters. The van der Waals surface area contributed by atoms with Gasteiger partial charge in [0.25, 0.3) is 0 Å². The van der Waals surface area contributed by atoms with Crippen LogP contribution >= 0.6 is 11.6 Å². The molecule has 1 N–H and O–H groups in total. The molecule has 0 amide bonds. The van der Waals surface area contributed by atoms with Crippen molar-refractivity contribution in [1.29, 1.82) is 0 Å². The maximum absolute atomic E-state index is 13.5. The first kappa shape index (κ1) is 12.9. The molecule has 0 spiro atoms. The molecule has 2 aromatic rings. The Bertz CT molecular complexity index is 526. The molecule has 0 bridgehead atoms. The van der Waals surface area contributed by atoms with Crippen molar-refractivity contribution in [2.24, 2.45) is 0 Å². The molecule has 0 aromatic heterocycles. The topological polar surface area (TPSA) is 29.5 Å². The van der Waals surface area contributed by atoms with Crippen LogP contribution in [0.3, 0.4) is 0 Å². The Morgan fingerprint density at radius 1 is 1.06 bits per heavy atom. The van der Waals surface area contributed by atoms with Gasteiger partial charge in [0.2, 0.25) is 0 Å². The van der Waals surface area contributed by atoms with Crippen molar-refractivity contribution >= 4 is 11.6 Å². The van der Waals surface area contributed by atoms with Crippen LogP contribution in [0.15, 0.2) is 42.5 Å². The molecule has 4 heteroatoms. The Hall–Kier alpha value is -1.58. The fourth-order valence-electron chi connectivity index (χ4n) is 1.50. The third-order valence-corrected chi connectivity index (χ3v) is 2.74. The van der Waals surface area contributed by atoms with Gasteiger partial charge in [-0.05, 0) is 35.4 Å². The van der Waals surface area contributed by atoms with Crippen molar-refractivity contribution in [3.05, 3.63) is 64.4 Å². The molecular weight excluding hydrogens is 255 g/mol. The average molecular weight is 267 g/mol. The molecule has 0 aliphatic heterocycles. The average Bonchev–Trinajstić information content (AvgIpc) is 2.39.